The lowest BCUT2D eigenvalue weighted by Gasteiger charge is -2.17. The molecule has 1 aromatic rings. The Morgan fingerprint density at radius 3 is 2.76 bits per heavy atom. The van der Waals surface area contributed by atoms with Crippen molar-refractivity contribution in [2.24, 2.45) is 0 Å². The van der Waals surface area contributed by atoms with Crippen molar-refractivity contribution in [3.63, 3.8) is 0 Å². The van der Waals surface area contributed by atoms with Crippen LogP contribution < -0.4 is 16.7 Å². The Labute approximate surface area is 100 Å². The van der Waals surface area contributed by atoms with E-state index in [4.69, 9.17) is 11.1 Å². The van der Waals surface area contributed by atoms with Crippen LogP contribution in [0.5, 0.6) is 0 Å². The van der Waals surface area contributed by atoms with Crippen molar-refractivity contribution in [2.45, 2.75) is 39.3 Å². The summed E-state index contributed by atoms with van der Waals surface area (Å²) in [6.45, 7) is 4.32. The molecule has 94 valence electrons. The summed E-state index contributed by atoms with van der Waals surface area (Å²) in [5.41, 5.74) is 4.96. The molecule has 0 aliphatic rings. The number of hydrogen-bond donors (Lipinski definition) is 3. The quantitative estimate of drug-likeness (QED) is 0.515. The molecule has 1 aromatic heterocycles. The summed E-state index contributed by atoms with van der Waals surface area (Å²) < 4.78 is 1.36. The molecular formula is C11H19N5O. The Hall–Kier alpha value is -1.85. The van der Waals surface area contributed by atoms with Crippen LogP contribution in [0.1, 0.15) is 26.7 Å². The third-order valence-corrected chi connectivity index (χ3v) is 2.59. The summed E-state index contributed by atoms with van der Waals surface area (Å²) in [6.07, 6.45) is 3.45. The van der Waals surface area contributed by atoms with E-state index in [0.717, 1.165) is 12.8 Å². The van der Waals surface area contributed by atoms with Crippen molar-refractivity contribution in [1.29, 1.82) is 5.41 Å². The van der Waals surface area contributed by atoms with E-state index >= 15 is 0 Å². The fourth-order valence-corrected chi connectivity index (χ4v) is 1.52. The molecule has 0 aromatic carbocycles. The van der Waals surface area contributed by atoms with Crippen LogP contribution in [0.15, 0.2) is 17.1 Å². The van der Waals surface area contributed by atoms with Crippen LogP contribution in [0.25, 0.3) is 0 Å². The average Bonchev–Trinajstić information content (AvgIpc) is 2.29. The number of aromatic nitrogens is 2. The lowest BCUT2D eigenvalue weighted by atomic mass is 10.2. The molecule has 0 atom stereocenters. The molecular weight excluding hydrogens is 218 g/mol. The zero-order chi connectivity index (χ0) is 12.8. The highest BCUT2D eigenvalue weighted by molar-refractivity contribution is 5.78. The van der Waals surface area contributed by atoms with Gasteiger partial charge in [0.05, 0.1) is 6.54 Å². The summed E-state index contributed by atoms with van der Waals surface area (Å²) in [6, 6.07) is 1.83. The van der Waals surface area contributed by atoms with E-state index in [2.05, 4.69) is 24.1 Å². The summed E-state index contributed by atoms with van der Waals surface area (Å²) in [4.78, 5) is 15.1. The monoisotopic (exact) mass is 237 g/mol. The second-order valence-electron chi connectivity index (χ2n) is 3.90. The topological polar surface area (TPSA) is 96.8 Å². The summed E-state index contributed by atoms with van der Waals surface area (Å²) >= 11 is 0. The molecule has 0 radical (unpaired) electrons. The SMILES string of the molecule is CCC(CC)NC(=N)Cn1ccc(N)nc1=O. The largest absolute Gasteiger partial charge is 0.383 e. The van der Waals surface area contributed by atoms with Gasteiger partial charge in [-0.15, -0.1) is 0 Å². The van der Waals surface area contributed by atoms with E-state index in [1.807, 2.05) is 0 Å². The fourth-order valence-electron chi connectivity index (χ4n) is 1.52. The van der Waals surface area contributed by atoms with Crippen LogP contribution in [-0.2, 0) is 6.54 Å². The smallest absolute Gasteiger partial charge is 0.349 e. The van der Waals surface area contributed by atoms with Gasteiger partial charge in [0.2, 0.25) is 0 Å². The van der Waals surface area contributed by atoms with Gasteiger partial charge in [-0.05, 0) is 18.9 Å². The van der Waals surface area contributed by atoms with Crippen LogP contribution >= 0.6 is 0 Å². The van der Waals surface area contributed by atoms with Gasteiger partial charge in [0.1, 0.15) is 11.7 Å². The molecule has 1 rings (SSSR count). The van der Waals surface area contributed by atoms with Crippen LogP contribution in [0.3, 0.4) is 0 Å². The minimum Gasteiger partial charge on any atom is -0.383 e. The highest BCUT2D eigenvalue weighted by Gasteiger charge is 2.06. The van der Waals surface area contributed by atoms with Gasteiger partial charge in [0.25, 0.3) is 0 Å². The molecule has 0 saturated carbocycles. The second-order valence-corrected chi connectivity index (χ2v) is 3.90. The van der Waals surface area contributed by atoms with Crippen molar-refractivity contribution in [3.05, 3.63) is 22.7 Å². The number of nitrogens with zero attached hydrogens (tertiary/aromatic N) is 2. The Kier molecular flexibility index (Phi) is 4.68. The van der Waals surface area contributed by atoms with Gasteiger partial charge in [0, 0.05) is 12.2 Å². The zero-order valence-corrected chi connectivity index (χ0v) is 10.2. The molecule has 0 spiro atoms. The molecule has 0 unspecified atom stereocenters. The normalized spacial score (nSPS) is 10.5. The van der Waals surface area contributed by atoms with E-state index in [9.17, 15) is 4.79 Å². The third-order valence-electron chi connectivity index (χ3n) is 2.59. The lowest BCUT2D eigenvalue weighted by molar-refractivity contribution is 0.557. The molecule has 0 aliphatic carbocycles. The molecule has 1 heterocycles. The number of nitrogens with two attached hydrogens (primary N) is 1. The predicted octanol–water partition coefficient (Wildman–Crippen LogP) is 0.581. The number of hydrogen-bond acceptors (Lipinski definition) is 4. The first-order chi connectivity index (χ1) is 8.06. The first kappa shape index (κ1) is 13.2. The van der Waals surface area contributed by atoms with Crippen molar-refractivity contribution in [1.82, 2.24) is 14.9 Å². The first-order valence-electron chi connectivity index (χ1n) is 5.73. The van der Waals surface area contributed by atoms with E-state index in [1.165, 1.54) is 4.57 Å². The Balaban J connectivity index is 2.65. The molecule has 6 nitrogen and oxygen atoms in total. The average molecular weight is 237 g/mol. The molecule has 4 N–H and O–H groups in total. The van der Waals surface area contributed by atoms with Gasteiger partial charge >= 0.3 is 5.69 Å². The second kappa shape index (κ2) is 6.03. The molecule has 0 bridgehead atoms. The molecule has 17 heavy (non-hydrogen) atoms. The number of amidine groups is 1. The van der Waals surface area contributed by atoms with Gasteiger partial charge < -0.3 is 11.1 Å². The standard InChI is InChI=1S/C11H19N5O/c1-3-8(4-2)14-10(13)7-16-6-5-9(12)15-11(16)17/h5-6,8H,3-4,7H2,1-2H3,(H2,13,14)(H2,12,15,17). The van der Waals surface area contributed by atoms with Gasteiger partial charge in [-0.2, -0.15) is 4.98 Å². The predicted molar refractivity (Wildman–Crippen MR) is 68.1 cm³/mol. The number of anilines is 1. The fraction of sp³-hybridized carbons (Fsp3) is 0.545. The number of rotatable bonds is 5. The Morgan fingerprint density at radius 2 is 2.24 bits per heavy atom. The molecule has 6 heteroatoms. The lowest BCUT2D eigenvalue weighted by Crippen LogP contribution is -2.38. The minimum absolute atomic E-state index is 0.197. The maximum Gasteiger partial charge on any atom is 0.349 e. The molecule has 0 aliphatic heterocycles. The number of nitrogen functional groups attached to an aromatic ring is 1. The van der Waals surface area contributed by atoms with E-state index in [1.54, 1.807) is 12.3 Å². The maximum absolute atomic E-state index is 11.4. The highest BCUT2D eigenvalue weighted by atomic mass is 16.1. The molecule has 0 saturated heterocycles. The van der Waals surface area contributed by atoms with Crippen LogP contribution in [0.2, 0.25) is 0 Å². The van der Waals surface area contributed by atoms with Gasteiger partial charge in [-0.25, -0.2) is 4.79 Å². The Bertz CT molecular complexity index is 436. The van der Waals surface area contributed by atoms with Gasteiger partial charge in [0.15, 0.2) is 0 Å². The Morgan fingerprint density at radius 1 is 1.59 bits per heavy atom. The third kappa shape index (κ3) is 3.90. The maximum atomic E-state index is 11.4. The van der Waals surface area contributed by atoms with E-state index in [0.29, 0.717) is 5.84 Å². The minimum atomic E-state index is -0.430. The zero-order valence-electron chi connectivity index (χ0n) is 10.2. The van der Waals surface area contributed by atoms with E-state index in [-0.39, 0.29) is 18.4 Å². The van der Waals surface area contributed by atoms with Gasteiger partial charge in [-0.3, -0.25) is 9.98 Å². The number of nitrogens with one attached hydrogen (secondary N) is 2. The summed E-state index contributed by atoms with van der Waals surface area (Å²) in [5.74, 6) is 0.512. The van der Waals surface area contributed by atoms with Crippen molar-refractivity contribution >= 4 is 11.7 Å². The van der Waals surface area contributed by atoms with Crippen molar-refractivity contribution < 1.29 is 0 Å². The first-order valence-corrected chi connectivity index (χ1v) is 5.73. The summed E-state index contributed by atoms with van der Waals surface area (Å²) in [5, 5.41) is 10.9. The highest BCUT2D eigenvalue weighted by Crippen LogP contribution is 1.96. The van der Waals surface area contributed by atoms with Crippen LogP contribution in [0, 0.1) is 5.41 Å². The van der Waals surface area contributed by atoms with Crippen molar-refractivity contribution in [3.8, 4) is 0 Å². The molecule has 0 amide bonds. The van der Waals surface area contributed by atoms with Crippen molar-refractivity contribution in [2.75, 3.05) is 5.73 Å². The van der Waals surface area contributed by atoms with Crippen LogP contribution in [-0.4, -0.2) is 21.4 Å². The van der Waals surface area contributed by atoms with Gasteiger partial charge in [-0.1, -0.05) is 13.8 Å². The van der Waals surface area contributed by atoms with Crippen LogP contribution in [0.4, 0.5) is 5.82 Å². The molecule has 0 fully saturated rings. The van der Waals surface area contributed by atoms with E-state index < -0.39 is 5.69 Å². The summed E-state index contributed by atoms with van der Waals surface area (Å²) in [7, 11) is 0.